The molecule has 8 heteroatoms. The summed E-state index contributed by atoms with van der Waals surface area (Å²) < 4.78 is 40.1. The van der Waals surface area contributed by atoms with E-state index < -0.39 is 12.0 Å². The zero-order valence-electron chi connectivity index (χ0n) is 9.74. The number of alkyl halides is 3. The summed E-state index contributed by atoms with van der Waals surface area (Å²) in [5.41, 5.74) is 7.40. The average molecular weight is 288 g/mol. The van der Waals surface area contributed by atoms with Gasteiger partial charge >= 0.3 is 6.18 Å². The lowest BCUT2D eigenvalue weighted by molar-refractivity contribution is -0.144. The van der Waals surface area contributed by atoms with Crippen LogP contribution in [0.25, 0.3) is 0 Å². The van der Waals surface area contributed by atoms with E-state index in [0.29, 0.717) is 24.6 Å². The molecule has 0 fully saturated rings. The molecule has 0 saturated heterocycles. The number of nitrogens with two attached hydrogens (primary N) is 1. The molecule has 19 heavy (non-hydrogen) atoms. The van der Waals surface area contributed by atoms with Crippen molar-refractivity contribution in [2.75, 3.05) is 5.32 Å². The van der Waals surface area contributed by atoms with Crippen LogP contribution in [0, 0.1) is 0 Å². The predicted octanol–water partition coefficient (Wildman–Crippen LogP) is 2.63. The van der Waals surface area contributed by atoms with Gasteiger partial charge in [0.2, 0.25) is 11.0 Å². The lowest BCUT2D eigenvalue weighted by Gasteiger charge is -2.03. The van der Waals surface area contributed by atoms with Gasteiger partial charge in [0.25, 0.3) is 0 Å². The predicted molar refractivity (Wildman–Crippen MR) is 66.6 cm³/mol. The van der Waals surface area contributed by atoms with Gasteiger partial charge in [-0.1, -0.05) is 24.3 Å². The highest BCUT2D eigenvalue weighted by molar-refractivity contribution is 7.09. The Labute approximate surface area is 111 Å². The third-order valence-corrected chi connectivity index (χ3v) is 3.05. The van der Waals surface area contributed by atoms with Crippen LogP contribution in [-0.4, -0.2) is 9.36 Å². The molecule has 0 bridgehead atoms. The Kier molecular flexibility index (Phi) is 4.01. The number of aromatic nitrogens is 2. The lowest BCUT2D eigenvalue weighted by atomic mass is 10.1. The molecule has 0 aliphatic rings. The minimum atomic E-state index is -4.50. The van der Waals surface area contributed by atoms with E-state index in [0.717, 1.165) is 11.1 Å². The summed E-state index contributed by atoms with van der Waals surface area (Å²) in [6.45, 7) is 0.844. The van der Waals surface area contributed by atoms with E-state index in [-0.39, 0.29) is 5.13 Å². The number of rotatable bonds is 4. The average Bonchev–Trinajstić information content (AvgIpc) is 2.86. The zero-order chi connectivity index (χ0) is 13.9. The van der Waals surface area contributed by atoms with Gasteiger partial charge in [-0.15, -0.1) is 0 Å². The molecule has 2 rings (SSSR count). The van der Waals surface area contributed by atoms with E-state index in [1.54, 1.807) is 0 Å². The largest absolute Gasteiger partial charge is 0.452 e. The molecule has 0 aliphatic carbocycles. The van der Waals surface area contributed by atoms with Gasteiger partial charge in [0.1, 0.15) is 0 Å². The summed E-state index contributed by atoms with van der Waals surface area (Å²) in [5.74, 6) is -1.11. The Morgan fingerprint density at radius 3 is 2.32 bits per heavy atom. The number of nitrogens with zero attached hydrogens (tertiary/aromatic N) is 2. The maximum Gasteiger partial charge on any atom is 0.452 e. The normalized spacial score (nSPS) is 11.6. The fourth-order valence-corrected chi connectivity index (χ4v) is 1.96. The van der Waals surface area contributed by atoms with E-state index in [4.69, 9.17) is 5.73 Å². The molecular formula is C11H11F3N4S. The summed E-state index contributed by atoms with van der Waals surface area (Å²) >= 11 is 0.691. The minimum absolute atomic E-state index is 0.148. The summed E-state index contributed by atoms with van der Waals surface area (Å²) in [6, 6.07) is 7.47. The van der Waals surface area contributed by atoms with Crippen LogP contribution >= 0.6 is 11.5 Å². The van der Waals surface area contributed by atoms with Crippen molar-refractivity contribution in [2.24, 2.45) is 5.73 Å². The van der Waals surface area contributed by atoms with E-state index in [2.05, 4.69) is 14.7 Å². The van der Waals surface area contributed by atoms with Crippen molar-refractivity contribution in [3.05, 3.63) is 41.2 Å². The van der Waals surface area contributed by atoms with Crippen molar-refractivity contribution in [1.29, 1.82) is 0 Å². The van der Waals surface area contributed by atoms with Crippen LogP contribution in [0.4, 0.5) is 18.3 Å². The minimum Gasteiger partial charge on any atom is -0.356 e. The second-order valence-corrected chi connectivity index (χ2v) is 4.55. The molecule has 0 atom stereocenters. The first kappa shape index (κ1) is 13.8. The third-order valence-electron chi connectivity index (χ3n) is 2.38. The van der Waals surface area contributed by atoms with Gasteiger partial charge in [0, 0.05) is 24.6 Å². The first-order valence-corrected chi connectivity index (χ1v) is 6.19. The van der Waals surface area contributed by atoms with Crippen molar-refractivity contribution < 1.29 is 13.2 Å². The van der Waals surface area contributed by atoms with Crippen LogP contribution in [0.5, 0.6) is 0 Å². The van der Waals surface area contributed by atoms with Crippen molar-refractivity contribution in [1.82, 2.24) is 9.36 Å². The van der Waals surface area contributed by atoms with Crippen LogP contribution in [0.2, 0.25) is 0 Å². The van der Waals surface area contributed by atoms with Gasteiger partial charge in [-0.3, -0.25) is 0 Å². The van der Waals surface area contributed by atoms with Crippen LogP contribution < -0.4 is 11.1 Å². The standard InChI is InChI=1S/C11H11F3N4S/c12-11(13,14)9-17-10(19-18-9)16-6-8-3-1-7(5-15)2-4-8/h1-4H,5-6,15H2,(H,16,17,18). The number of anilines is 1. The Hall–Kier alpha value is -1.67. The first-order chi connectivity index (χ1) is 8.99. The second-order valence-electron chi connectivity index (χ2n) is 3.80. The van der Waals surface area contributed by atoms with E-state index in [1.807, 2.05) is 24.3 Å². The van der Waals surface area contributed by atoms with Crippen molar-refractivity contribution >= 4 is 16.7 Å². The van der Waals surface area contributed by atoms with Gasteiger partial charge in [-0.05, 0) is 11.1 Å². The van der Waals surface area contributed by atoms with Crippen molar-refractivity contribution in [3.8, 4) is 0 Å². The van der Waals surface area contributed by atoms with Crippen molar-refractivity contribution in [3.63, 3.8) is 0 Å². The van der Waals surface area contributed by atoms with Gasteiger partial charge in [0.15, 0.2) is 0 Å². The number of halogens is 3. The molecule has 0 unspecified atom stereocenters. The number of hydrogen-bond acceptors (Lipinski definition) is 5. The maximum absolute atomic E-state index is 12.3. The molecule has 1 heterocycles. The summed E-state index contributed by atoms with van der Waals surface area (Å²) in [7, 11) is 0. The molecule has 0 saturated carbocycles. The molecule has 3 N–H and O–H groups in total. The Bertz CT molecular complexity index is 536. The number of hydrogen-bond donors (Lipinski definition) is 2. The Morgan fingerprint density at radius 1 is 1.16 bits per heavy atom. The third kappa shape index (κ3) is 3.65. The number of nitrogens with one attached hydrogen (secondary N) is 1. The SMILES string of the molecule is NCc1ccc(CNc2nc(C(F)(F)F)ns2)cc1. The number of benzene rings is 1. The van der Waals surface area contributed by atoms with Gasteiger partial charge in [-0.25, -0.2) is 0 Å². The Morgan fingerprint density at radius 2 is 1.79 bits per heavy atom. The smallest absolute Gasteiger partial charge is 0.356 e. The molecule has 0 spiro atoms. The highest BCUT2D eigenvalue weighted by Crippen LogP contribution is 2.29. The van der Waals surface area contributed by atoms with Gasteiger partial charge in [-0.2, -0.15) is 22.5 Å². The summed E-state index contributed by atoms with van der Waals surface area (Å²) in [4.78, 5) is 3.38. The van der Waals surface area contributed by atoms with E-state index in [9.17, 15) is 13.2 Å². The summed E-state index contributed by atoms with van der Waals surface area (Å²) in [5, 5.41) is 2.95. The monoisotopic (exact) mass is 288 g/mol. The highest BCUT2D eigenvalue weighted by Gasteiger charge is 2.36. The fourth-order valence-electron chi connectivity index (χ4n) is 1.38. The lowest BCUT2D eigenvalue weighted by Crippen LogP contribution is -2.07. The molecule has 0 amide bonds. The van der Waals surface area contributed by atoms with Gasteiger partial charge < -0.3 is 11.1 Å². The topological polar surface area (TPSA) is 63.8 Å². The van der Waals surface area contributed by atoms with Crippen LogP contribution in [0.3, 0.4) is 0 Å². The molecule has 0 radical (unpaired) electrons. The van der Waals surface area contributed by atoms with Crippen molar-refractivity contribution in [2.45, 2.75) is 19.3 Å². The molecule has 1 aromatic carbocycles. The van der Waals surface area contributed by atoms with Crippen LogP contribution in [0.1, 0.15) is 17.0 Å². The molecule has 102 valence electrons. The molecule has 4 nitrogen and oxygen atoms in total. The van der Waals surface area contributed by atoms with Crippen LogP contribution in [-0.2, 0) is 19.3 Å². The summed E-state index contributed by atoms with van der Waals surface area (Å²) in [6.07, 6.45) is -4.50. The first-order valence-electron chi connectivity index (χ1n) is 5.41. The quantitative estimate of drug-likeness (QED) is 0.907. The zero-order valence-corrected chi connectivity index (χ0v) is 10.6. The van der Waals surface area contributed by atoms with E-state index in [1.165, 1.54) is 0 Å². The van der Waals surface area contributed by atoms with Crippen LogP contribution in [0.15, 0.2) is 24.3 Å². The molecule has 0 aliphatic heterocycles. The molecule has 2 aromatic rings. The maximum atomic E-state index is 12.3. The van der Waals surface area contributed by atoms with Gasteiger partial charge in [0.05, 0.1) is 0 Å². The Balaban J connectivity index is 1.96. The highest BCUT2D eigenvalue weighted by atomic mass is 32.1. The second kappa shape index (κ2) is 5.54. The molecular weight excluding hydrogens is 277 g/mol. The fraction of sp³-hybridized carbons (Fsp3) is 0.273. The molecule has 1 aromatic heterocycles. The van der Waals surface area contributed by atoms with E-state index >= 15 is 0 Å².